The van der Waals surface area contributed by atoms with Crippen molar-refractivity contribution < 1.29 is 4.79 Å². The second-order valence-electron chi connectivity index (χ2n) is 3.54. The Hall–Kier alpha value is -2.65. The lowest BCUT2D eigenvalue weighted by atomic mass is 10.4. The Kier molecular flexibility index (Phi) is 4.13. The summed E-state index contributed by atoms with van der Waals surface area (Å²) >= 11 is 5.90. The van der Waals surface area contributed by atoms with E-state index in [9.17, 15) is 4.79 Å². The molecule has 104 valence electrons. The van der Waals surface area contributed by atoms with Gasteiger partial charge in [-0.2, -0.15) is 0 Å². The second-order valence-corrected chi connectivity index (χ2v) is 3.89. The lowest BCUT2D eigenvalue weighted by Crippen LogP contribution is -2.32. The lowest BCUT2D eigenvalue weighted by Gasteiger charge is -2.11. The number of nitrogens with two attached hydrogens (primary N) is 2. The third-order valence-corrected chi connectivity index (χ3v) is 2.46. The van der Waals surface area contributed by atoms with Crippen LogP contribution in [0.5, 0.6) is 0 Å². The fourth-order valence-corrected chi connectivity index (χ4v) is 1.48. The highest BCUT2D eigenvalue weighted by Gasteiger charge is 2.15. The van der Waals surface area contributed by atoms with Gasteiger partial charge >= 0.3 is 0 Å². The highest BCUT2D eigenvalue weighted by Crippen LogP contribution is 2.20. The number of nitrogen functional groups attached to an aromatic ring is 2. The number of anilines is 3. The van der Waals surface area contributed by atoms with Crippen LogP contribution in [0.2, 0.25) is 5.15 Å². The predicted molar refractivity (Wildman–Crippen MR) is 74.6 cm³/mol. The Morgan fingerprint density at radius 3 is 2.70 bits per heavy atom. The van der Waals surface area contributed by atoms with Gasteiger partial charge in [-0.15, -0.1) is 0 Å². The van der Waals surface area contributed by atoms with Gasteiger partial charge in [0.1, 0.15) is 5.82 Å². The molecule has 0 spiro atoms. The molecule has 0 aromatic carbocycles. The molecule has 0 bridgehead atoms. The number of nitrogens with zero attached hydrogens (tertiary/aromatic N) is 3. The first-order chi connectivity index (χ1) is 9.61. The molecule has 0 unspecified atom stereocenters. The molecule has 10 heteroatoms. The summed E-state index contributed by atoms with van der Waals surface area (Å²) in [5.41, 5.74) is 12.8. The number of hydrogen-bond acceptors (Lipinski definition) is 8. The standard InChI is InChI=1S/C10H11ClN8O/c11-7-9(19-18-5-3-1-2-4-14-5)16-8(12)6(15-7)10(20)17-13/h1-4H,13H2,(H,14,18)(H,17,20)(H3,12,16,19). The van der Waals surface area contributed by atoms with Crippen molar-refractivity contribution in [2.75, 3.05) is 16.6 Å². The van der Waals surface area contributed by atoms with Crippen LogP contribution >= 0.6 is 11.6 Å². The summed E-state index contributed by atoms with van der Waals surface area (Å²) in [4.78, 5) is 23.1. The van der Waals surface area contributed by atoms with Gasteiger partial charge < -0.3 is 5.73 Å². The van der Waals surface area contributed by atoms with Gasteiger partial charge in [0.05, 0.1) is 0 Å². The smallest absolute Gasteiger partial charge is 0.287 e. The van der Waals surface area contributed by atoms with E-state index < -0.39 is 5.91 Å². The van der Waals surface area contributed by atoms with Crippen LogP contribution in [0.3, 0.4) is 0 Å². The highest BCUT2D eigenvalue weighted by molar-refractivity contribution is 6.32. The summed E-state index contributed by atoms with van der Waals surface area (Å²) in [7, 11) is 0. The van der Waals surface area contributed by atoms with E-state index in [1.807, 2.05) is 5.43 Å². The van der Waals surface area contributed by atoms with Crippen LogP contribution in [-0.2, 0) is 0 Å². The normalized spacial score (nSPS) is 9.90. The zero-order chi connectivity index (χ0) is 14.5. The summed E-state index contributed by atoms with van der Waals surface area (Å²) in [6, 6.07) is 5.30. The molecule has 20 heavy (non-hydrogen) atoms. The molecule has 2 rings (SSSR count). The molecule has 2 aromatic rings. The van der Waals surface area contributed by atoms with E-state index in [1.165, 1.54) is 0 Å². The monoisotopic (exact) mass is 294 g/mol. The minimum atomic E-state index is -0.680. The summed E-state index contributed by atoms with van der Waals surface area (Å²) in [5, 5.41) is -0.0405. The first kappa shape index (κ1) is 13.8. The van der Waals surface area contributed by atoms with E-state index in [1.54, 1.807) is 24.4 Å². The van der Waals surface area contributed by atoms with E-state index in [0.717, 1.165) is 0 Å². The summed E-state index contributed by atoms with van der Waals surface area (Å²) in [6.07, 6.45) is 1.61. The van der Waals surface area contributed by atoms with E-state index in [0.29, 0.717) is 5.82 Å². The number of amides is 1. The van der Waals surface area contributed by atoms with Crippen LogP contribution < -0.4 is 27.9 Å². The van der Waals surface area contributed by atoms with Crippen LogP contribution in [0.4, 0.5) is 17.5 Å². The van der Waals surface area contributed by atoms with Crippen molar-refractivity contribution in [3.05, 3.63) is 35.2 Å². The van der Waals surface area contributed by atoms with Crippen LogP contribution in [0.1, 0.15) is 10.5 Å². The summed E-state index contributed by atoms with van der Waals surface area (Å²) < 4.78 is 0. The fourth-order valence-electron chi connectivity index (χ4n) is 1.30. The number of carbonyl (C=O) groups excluding carboxylic acids is 1. The van der Waals surface area contributed by atoms with Crippen LogP contribution in [-0.4, -0.2) is 20.9 Å². The molecule has 0 aliphatic rings. The molecular weight excluding hydrogens is 284 g/mol. The van der Waals surface area contributed by atoms with Crippen LogP contribution in [0.25, 0.3) is 0 Å². The number of aromatic nitrogens is 3. The fraction of sp³-hybridized carbons (Fsp3) is 0. The van der Waals surface area contributed by atoms with Gasteiger partial charge in [0.2, 0.25) is 0 Å². The number of halogens is 1. The van der Waals surface area contributed by atoms with Crippen LogP contribution in [0.15, 0.2) is 24.4 Å². The second kappa shape index (κ2) is 5.99. The number of rotatable bonds is 4. The number of hydrogen-bond donors (Lipinski definition) is 5. The molecule has 0 saturated heterocycles. The van der Waals surface area contributed by atoms with Crippen molar-refractivity contribution in [1.29, 1.82) is 0 Å². The molecule has 0 atom stereocenters. The predicted octanol–water partition coefficient (Wildman–Crippen LogP) is 0.150. The molecule has 2 heterocycles. The molecule has 9 nitrogen and oxygen atoms in total. The van der Waals surface area contributed by atoms with Crippen LogP contribution in [0, 0.1) is 0 Å². The van der Waals surface area contributed by atoms with Gasteiger partial charge in [0.15, 0.2) is 22.5 Å². The van der Waals surface area contributed by atoms with Gasteiger partial charge in [0.25, 0.3) is 5.91 Å². The van der Waals surface area contributed by atoms with Crippen molar-refractivity contribution in [2.24, 2.45) is 5.84 Å². The molecule has 0 aliphatic heterocycles. The van der Waals surface area contributed by atoms with Crippen molar-refractivity contribution in [3.8, 4) is 0 Å². The SMILES string of the molecule is NNC(=O)c1nc(Cl)c(NNc2ccccn2)nc1N. The van der Waals surface area contributed by atoms with Gasteiger partial charge in [-0.05, 0) is 12.1 Å². The molecule has 0 aliphatic carbocycles. The minimum Gasteiger partial charge on any atom is -0.382 e. The Morgan fingerprint density at radius 2 is 2.05 bits per heavy atom. The number of nitrogens with one attached hydrogen (secondary N) is 3. The van der Waals surface area contributed by atoms with E-state index in [4.69, 9.17) is 23.2 Å². The van der Waals surface area contributed by atoms with Gasteiger partial charge in [-0.3, -0.25) is 21.1 Å². The molecule has 7 N–H and O–H groups in total. The summed E-state index contributed by atoms with van der Waals surface area (Å²) in [5.74, 6) is 4.91. The maximum absolute atomic E-state index is 11.4. The van der Waals surface area contributed by atoms with Gasteiger partial charge in [-0.1, -0.05) is 17.7 Å². The van der Waals surface area contributed by atoms with Gasteiger partial charge in [-0.25, -0.2) is 20.8 Å². The number of pyridine rings is 1. The third-order valence-electron chi connectivity index (χ3n) is 2.20. The molecule has 1 amide bonds. The quantitative estimate of drug-likeness (QED) is 0.304. The molecule has 0 radical (unpaired) electrons. The van der Waals surface area contributed by atoms with Crippen molar-refractivity contribution in [2.45, 2.75) is 0 Å². The Morgan fingerprint density at radius 1 is 1.25 bits per heavy atom. The number of hydrazine groups is 2. The Bertz CT molecular complexity index is 620. The van der Waals surface area contributed by atoms with Crippen molar-refractivity contribution >= 4 is 35.0 Å². The molecule has 0 fully saturated rings. The average molecular weight is 295 g/mol. The Labute approximate surface area is 118 Å². The summed E-state index contributed by atoms with van der Waals surface area (Å²) in [6.45, 7) is 0. The highest BCUT2D eigenvalue weighted by atomic mass is 35.5. The number of carbonyl (C=O) groups is 1. The molecular formula is C10H11ClN8O. The molecule has 2 aromatic heterocycles. The first-order valence-corrected chi connectivity index (χ1v) is 5.76. The Balaban J connectivity index is 2.17. The third kappa shape index (κ3) is 3.02. The zero-order valence-electron chi connectivity index (χ0n) is 10.1. The average Bonchev–Trinajstić information content (AvgIpc) is 2.48. The van der Waals surface area contributed by atoms with Crippen molar-refractivity contribution in [1.82, 2.24) is 20.4 Å². The lowest BCUT2D eigenvalue weighted by molar-refractivity contribution is 0.0949. The van der Waals surface area contributed by atoms with Gasteiger partial charge in [0, 0.05) is 6.20 Å². The van der Waals surface area contributed by atoms with Crippen molar-refractivity contribution in [3.63, 3.8) is 0 Å². The zero-order valence-corrected chi connectivity index (χ0v) is 10.8. The minimum absolute atomic E-state index is 0.0405. The maximum atomic E-state index is 11.4. The molecule has 0 saturated carbocycles. The first-order valence-electron chi connectivity index (χ1n) is 5.39. The largest absolute Gasteiger partial charge is 0.382 e. The van der Waals surface area contributed by atoms with E-state index >= 15 is 0 Å². The topological polar surface area (TPSA) is 144 Å². The van der Waals surface area contributed by atoms with E-state index in [-0.39, 0.29) is 22.5 Å². The van der Waals surface area contributed by atoms with E-state index in [2.05, 4.69) is 25.8 Å². The maximum Gasteiger partial charge on any atom is 0.287 e.